The molecule has 11 heteroatoms. The van der Waals surface area contributed by atoms with Gasteiger partial charge in [-0.15, -0.1) is 0 Å². The van der Waals surface area contributed by atoms with Crippen LogP contribution in [0.25, 0.3) is 0 Å². The number of phenols is 1. The summed E-state index contributed by atoms with van der Waals surface area (Å²) >= 11 is 0. The number of benzene rings is 2. The number of hydrogen-bond acceptors (Lipinski definition) is 9. The molecule has 3 aliphatic carbocycles. The van der Waals surface area contributed by atoms with Crippen LogP contribution in [0.4, 0.5) is 5.69 Å². The Labute approximate surface area is 266 Å². The Bertz CT molecular complexity index is 1400. The lowest BCUT2D eigenvalue weighted by atomic mass is 9.55. The Kier molecular flexibility index (Phi) is 10.2. The molecule has 4 aliphatic rings. The van der Waals surface area contributed by atoms with Crippen LogP contribution in [0.5, 0.6) is 5.75 Å². The summed E-state index contributed by atoms with van der Waals surface area (Å²) in [5.41, 5.74) is 3.30. The van der Waals surface area contributed by atoms with Crippen molar-refractivity contribution in [2.75, 3.05) is 50.9 Å². The van der Waals surface area contributed by atoms with E-state index in [4.69, 9.17) is 14.3 Å². The number of para-hydroxylation sites is 1. The molecule has 2 fully saturated rings. The first kappa shape index (κ1) is 32.5. The van der Waals surface area contributed by atoms with Crippen molar-refractivity contribution >= 4 is 37.3 Å². The van der Waals surface area contributed by atoms with Gasteiger partial charge in [-0.3, -0.25) is 14.4 Å². The monoisotopic (exact) mass is 635 g/mol. The average Bonchev–Trinajstić information content (AvgIpc) is 3.03. The minimum absolute atomic E-state index is 0.0568. The SMILES string of the molecule is CCCOC(=O)[C@H]1C(C(=O)OCC[Si](C)(C)C)C2C/C(=N\OCC(=O)N3CCN(c4ccccc4)CC3)[C@H]1c1cc(O)ccc12. The van der Waals surface area contributed by atoms with Crippen molar-refractivity contribution in [3.63, 3.8) is 0 Å². The van der Waals surface area contributed by atoms with Crippen LogP contribution in [-0.4, -0.2) is 87.6 Å². The molecular weight excluding hydrogens is 590 g/mol. The van der Waals surface area contributed by atoms with Crippen LogP contribution < -0.4 is 4.90 Å². The predicted molar refractivity (Wildman–Crippen MR) is 174 cm³/mol. The van der Waals surface area contributed by atoms with E-state index in [2.05, 4.69) is 41.8 Å². The van der Waals surface area contributed by atoms with Crippen molar-refractivity contribution in [1.29, 1.82) is 0 Å². The number of anilines is 1. The van der Waals surface area contributed by atoms with Crippen molar-refractivity contribution in [3.8, 4) is 5.75 Å². The summed E-state index contributed by atoms with van der Waals surface area (Å²) in [6, 6.07) is 16.0. The fourth-order valence-electron chi connectivity index (χ4n) is 6.64. The zero-order valence-electron chi connectivity index (χ0n) is 26.7. The number of oxime groups is 1. The maximum atomic E-state index is 13.6. The molecule has 2 unspecified atom stereocenters. The maximum absolute atomic E-state index is 13.6. The first-order valence-electron chi connectivity index (χ1n) is 16.0. The lowest BCUT2D eigenvalue weighted by Gasteiger charge is -2.47. The molecule has 0 radical (unpaired) electrons. The number of carbonyl (C=O) groups excluding carboxylic acids is 3. The molecule has 4 atom stereocenters. The zero-order valence-corrected chi connectivity index (χ0v) is 27.7. The summed E-state index contributed by atoms with van der Waals surface area (Å²) in [6.07, 6.45) is 1.01. The molecule has 0 aromatic heterocycles. The van der Waals surface area contributed by atoms with Gasteiger partial charge in [-0.25, -0.2) is 0 Å². The van der Waals surface area contributed by atoms with Gasteiger partial charge >= 0.3 is 11.9 Å². The third-order valence-electron chi connectivity index (χ3n) is 8.99. The van der Waals surface area contributed by atoms with E-state index in [1.165, 1.54) is 0 Å². The molecule has 1 aliphatic heterocycles. The van der Waals surface area contributed by atoms with E-state index in [0.29, 0.717) is 38.2 Å². The highest BCUT2D eigenvalue weighted by Gasteiger charge is 2.57. The third-order valence-corrected chi connectivity index (χ3v) is 10.7. The fourth-order valence-corrected chi connectivity index (χ4v) is 7.36. The lowest BCUT2D eigenvalue weighted by Crippen LogP contribution is -2.51. The van der Waals surface area contributed by atoms with Crippen LogP contribution in [0.1, 0.15) is 42.7 Å². The number of phenolic OH excluding ortho intramolecular Hbond substituents is 1. The van der Waals surface area contributed by atoms with Crippen LogP contribution >= 0.6 is 0 Å². The van der Waals surface area contributed by atoms with Gasteiger partial charge in [0.1, 0.15) is 5.75 Å². The number of esters is 2. The molecule has 10 nitrogen and oxygen atoms in total. The second kappa shape index (κ2) is 14.1. The fraction of sp³-hybridized carbons (Fsp3) is 0.529. The quantitative estimate of drug-likeness (QED) is 0.213. The second-order valence-electron chi connectivity index (χ2n) is 13.4. The van der Waals surface area contributed by atoms with E-state index in [-0.39, 0.29) is 24.9 Å². The van der Waals surface area contributed by atoms with Gasteiger partial charge in [-0.1, -0.05) is 56.0 Å². The number of carbonyl (C=O) groups is 3. The van der Waals surface area contributed by atoms with Crippen LogP contribution in [0.15, 0.2) is 53.7 Å². The van der Waals surface area contributed by atoms with Crippen molar-refractivity contribution in [3.05, 3.63) is 59.7 Å². The zero-order chi connectivity index (χ0) is 32.1. The van der Waals surface area contributed by atoms with Crippen LogP contribution in [0.2, 0.25) is 25.7 Å². The first-order valence-corrected chi connectivity index (χ1v) is 19.7. The Balaban J connectivity index is 1.32. The van der Waals surface area contributed by atoms with E-state index >= 15 is 0 Å². The van der Waals surface area contributed by atoms with E-state index in [0.717, 1.165) is 35.9 Å². The van der Waals surface area contributed by atoms with Crippen molar-refractivity contribution < 1.29 is 33.8 Å². The van der Waals surface area contributed by atoms with Gasteiger partial charge in [0.25, 0.3) is 5.91 Å². The van der Waals surface area contributed by atoms with E-state index < -0.39 is 43.7 Å². The van der Waals surface area contributed by atoms with E-state index in [1.807, 2.05) is 31.2 Å². The average molecular weight is 636 g/mol. The molecule has 6 rings (SSSR count). The molecule has 1 saturated heterocycles. The molecule has 1 saturated carbocycles. The largest absolute Gasteiger partial charge is 0.508 e. The molecule has 2 aromatic rings. The summed E-state index contributed by atoms with van der Waals surface area (Å²) in [5.74, 6) is -3.70. The summed E-state index contributed by atoms with van der Waals surface area (Å²) in [5, 5.41) is 14.8. The molecule has 0 spiro atoms. The smallest absolute Gasteiger partial charge is 0.310 e. The summed E-state index contributed by atoms with van der Waals surface area (Å²) in [7, 11) is -1.44. The molecule has 45 heavy (non-hydrogen) atoms. The topological polar surface area (TPSA) is 118 Å². The van der Waals surface area contributed by atoms with Gasteiger partial charge in [0.05, 0.1) is 30.8 Å². The highest BCUT2D eigenvalue weighted by atomic mass is 28.3. The number of nitrogens with zero attached hydrogens (tertiary/aromatic N) is 3. The lowest BCUT2D eigenvalue weighted by molar-refractivity contribution is -0.163. The summed E-state index contributed by atoms with van der Waals surface area (Å²) in [6.45, 7) is 11.5. The highest BCUT2D eigenvalue weighted by Crippen LogP contribution is 2.56. The second-order valence-corrected chi connectivity index (χ2v) is 19.0. The highest BCUT2D eigenvalue weighted by molar-refractivity contribution is 6.76. The van der Waals surface area contributed by atoms with E-state index in [9.17, 15) is 19.5 Å². The van der Waals surface area contributed by atoms with Gasteiger partial charge in [-0.2, -0.15) is 0 Å². The number of ether oxygens (including phenoxy) is 2. The number of aromatic hydroxyl groups is 1. The summed E-state index contributed by atoms with van der Waals surface area (Å²) in [4.78, 5) is 50.0. The number of rotatable bonds is 11. The minimum atomic E-state index is -1.44. The molecule has 2 bridgehead atoms. The van der Waals surface area contributed by atoms with Crippen LogP contribution in [0.3, 0.4) is 0 Å². The Morgan fingerprint density at radius 2 is 1.60 bits per heavy atom. The third kappa shape index (κ3) is 7.51. The molecular formula is C34H45N3O7Si. The van der Waals surface area contributed by atoms with Crippen LogP contribution in [0, 0.1) is 11.8 Å². The van der Waals surface area contributed by atoms with Gasteiger partial charge in [0.2, 0.25) is 0 Å². The molecule has 2 aromatic carbocycles. The van der Waals surface area contributed by atoms with Gasteiger partial charge in [-0.05, 0) is 54.3 Å². The van der Waals surface area contributed by atoms with Crippen molar-refractivity contribution in [1.82, 2.24) is 4.90 Å². The van der Waals surface area contributed by atoms with Crippen molar-refractivity contribution in [2.24, 2.45) is 17.0 Å². The van der Waals surface area contributed by atoms with E-state index in [1.54, 1.807) is 17.0 Å². The normalized spacial score (nSPS) is 23.4. The molecule has 1 N–H and O–H groups in total. The molecule has 1 amide bonds. The molecule has 1 heterocycles. The Hall–Kier alpha value is -3.86. The maximum Gasteiger partial charge on any atom is 0.310 e. The first-order chi connectivity index (χ1) is 21.6. The van der Waals surface area contributed by atoms with Crippen LogP contribution in [-0.2, 0) is 28.7 Å². The number of fused-ring (bicyclic) bond motifs is 2. The number of hydrogen-bond donors (Lipinski definition) is 1. The van der Waals surface area contributed by atoms with Gasteiger partial charge < -0.3 is 29.2 Å². The summed E-state index contributed by atoms with van der Waals surface area (Å²) < 4.78 is 11.4. The standard InChI is InChI=1S/C34H45N3O7Si/c1-5-17-42-34(41)32-30-26-20-24(38)11-12-25(26)27(31(32)33(40)43-18-19-45(2,3)4)21-28(30)35-44-22-29(39)37-15-13-36(14-16-37)23-9-7-6-8-10-23/h6-12,20,27,30-32,38H,5,13-19,21-22H2,1-4H3/b35-28+/t27?,30-,31?,32-/m1/s1. The Morgan fingerprint density at radius 1 is 0.911 bits per heavy atom. The predicted octanol–water partition coefficient (Wildman–Crippen LogP) is 4.77. The van der Waals surface area contributed by atoms with Gasteiger partial charge in [0, 0.05) is 51.8 Å². The Morgan fingerprint density at radius 3 is 2.29 bits per heavy atom. The minimum Gasteiger partial charge on any atom is -0.508 e. The molecule has 242 valence electrons. The van der Waals surface area contributed by atoms with Gasteiger partial charge in [0.15, 0.2) is 6.61 Å². The van der Waals surface area contributed by atoms with Crippen molar-refractivity contribution in [2.45, 2.75) is 57.3 Å². The number of amides is 1. The number of piperazine rings is 1.